The van der Waals surface area contributed by atoms with Gasteiger partial charge in [0.1, 0.15) is 29.5 Å². The summed E-state index contributed by atoms with van der Waals surface area (Å²) in [5.41, 5.74) is -7.52. The van der Waals surface area contributed by atoms with Gasteiger partial charge in [-0.25, -0.2) is 14.4 Å². The molecule has 1 aliphatic heterocycles. The molecule has 2 bridgehead atoms. The lowest BCUT2D eigenvalue weighted by molar-refractivity contribution is -0.306. The van der Waals surface area contributed by atoms with Crippen LogP contribution in [0.3, 0.4) is 0 Å². The molecule has 1 saturated carbocycles. The normalized spacial score (nSPS) is 31.3. The lowest BCUT2D eigenvalue weighted by Crippen LogP contribution is -2.78. The first-order valence-corrected chi connectivity index (χ1v) is 19.8. The maximum absolute atomic E-state index is 15.4. The summed E-state index contributed by atoms with van der Waals surface area (Å²) in [5, 5.41) is 27.8. The third-order valence-corrected chi connectivity index (χ3v) is 12.2. The van der Waals surface area contributed by atoms with Crippen molar-refractivity contribution in [1.82, 2.24) is 5.32 Å². The first-order chi connectivity index (χ1) is 28.0. The minimum Gasteiger partial charge on any atom is -0.456 e. The van der Waals surface area contributed by atoms with Gasteiger partial charge in [0.15, 0.2) is 23.6 Å². The van der Waals surface area contributed by atoms with Gasteiger partial charge in [-0.15, -0.1) is 0 Å². The van der Waals surface area contributed by atoms with E-state index in [9.17, 15) is 34.2 Å². The van der Waals surface area contributed by atoms with Gasteiger partial charge in [0.05, 0.1) is 29.5 Å². The van der Waals surface area contributed by atoms with E-state index in [0.717, 1.165) is 6.92 Å². The molecule has 60 heavy (non-hydrogen) atoms. The smallest absolute Gasteiger partial charge is 0.408 e. The van der Waals surface area contributed by atoms with Gasteiger partial charge >= 0.3 is 30.0 Å². The van der Waals surface area contributed by atoms with Gasteiger partial charge in [0.2, 0.25) is 0 Å². The SMILES string of the molecule is CC(=O)O[C@H]1C(=O)[C@]2(C)C=C[C@H]3OC[C@@]3(OC(C)=O)C2[C@H](OC(=O)c2ccccc2)[C@]2(O)C[C@H](OC(=O)[C@H](O)[C@@H](NC(=O)OC(C)(C)C)c3ccccc3)C(C)=C1C2(C)C. The van der Waals surface area contributed by atoms with Gasteiger partial charge in [0.25, 0.3) is 0 Å². The van der Waals surface area contributed by atoms with Crippen molar-refractivity contribution >= 4 is 35.8 Å². The maximum Gasteiger partial charge on any atom is 0.408 e. The molecule has 2 aromatic rings. The Morgan fingerprint density at radius 2 is 1.52 bits per heavy atom. The molecule has 322 valence electrons. The molecule has 2 aromatic carbocycles. The standard InChI is InChI=1S/C45H53NO14/c1-24-29(57-39(52)33(49)32(27-16-12-10-13-17-27)46-40(53)60-41(4,5)6)22-45(54)37(58-38(51)28-18-14-11-15-19-28)35-43(9,21-20-30-44(35,23-55-30)59-26(3)48)36(50)34(56-25(2)47)31(24)42(45,7)8/h10-21,29-30,32-35,37,49,54H,22-23H2,1-9H3,(H,46,53)/t29-,30+,32-,33+,34+,35?,37-,43+,44-,45+/m0/s1. The third-order valence-electron chi connectivity index (χ3n) is 12.2. The summed E-state index contributed by atoms with van der Waals surface area (Å²) in [6.45, 7) is 13.3. The zero-order valence-electron chi connectivity index (χ0n) is 35.2. The minimum atomic E-state index is -2.31. The molecular weight excluding hydrogens is 778 g/mol. The topological polar surface area (TPSA) is 210 Å². The molecule has 15 heteroatoms. The van der Waals surface area contributed by atoms with Gasteiger partial charge in [0, 0.05) is 25.7 Å². The number of rotatable bonds is 9. The van der Waals surface area contributed by atoms with E-state index in [1.807, 2.05) is 0 Å². The van der Waals surface area contributed by atoms with Crippen LogP contribution in [0.1, 0.15) is 90.7 Å². The average molecular weight is 832 g/mol. The fourth-order valence-corrected chi connectivity index (χ4v) is 9.36. The summed E-state index contributed by atoms with van der Waals surface area (Å²) in [5.74, 6) is -5.75. The Morgan fingerprint density at radius 1 is 0.900 bits per heavy atom. The molecule has 3 aliphatic carbocycles. The van der Waals surface area contributed by atoms with Crippen molar-refractivity contribution in [3.05, 3.63) is 95.1 Å². The molecular formula is C45H53NO14. The third kappa shape index (κ3) is 7.74. The van der Waals surface area contributed by atoms with Crippen LogP contribution in [0.4, 0.5) is 4.79 Å². The monoisotopic (exact) mass is 831 g/mol. The van der Waals surface area contributed by atoms with Crippen LogP contribution in [0.25, 0.3) is 0 Å². The van der Waals surface area contributed by atoms with Crippen LogP contribution in [0.5, 0.6) is 0 Å². The zero-order chi connectivity index (χ0) is 44.2. The van der Waals surface area contributed by atoms with Crippen LogP contribution in [-0.4, -0.2) is 99.9 Å². The summed E-state index contributed by atoms with van der Waals surface area (Å²) >= 11 is 0. The molecule has 0 spiro atoms. The van der Waals surface area contributed by atoms with E-state index in [2.05, 4.69) is 5.32 Å². The second-order valence-electron chi connectivity index (χ2n) is 17.7. The number of amides is 1. The number of aliphatic hydroxyl groups is 2. The van der Waals surface area contributed by atoms with Crippen molar-refractivity contribution < 1.29 is 67.4 Å². The molecule has 15 nitrogen and oxygen atoms in total. The zero-order valence-corrected chi connectivity index (χ0v) is 35.2. The number of esters is 4. The molecule has 3 N–H and O–H groups in total. The van der Waals surface area contributed by atoms with Crippen LogP contribution in [0.15, 0.2) is 84.0 Å². The van der Waals surface area contributed by atoms with E-state index >= 15 is 4.79 Å². The number of carbonyl (C=O) groups is 6. The van der Waals surface area contributed by atoms with Gasteiger partial charge < -0.3 is 44.0 Å². The largest absolute Gasteiger partial charge is 0.456 e. The number of ether oxygens (including phenoxy) is 6. The van der Waals surface area contributed by atoms with E-state index in [1.54, 1.807) is 103 Å². The molecule has 1 unspecified atom stereocenters. The second kappa shape index (κ2) is 15.9. The van der Waals surface area contributed by atoms with Crippen molar-refractivity contribution in [2.75, 3.05) is 6.61 Å². The summed E-state index contributed by atoms with van der Waals surface area (Å²) in [4.78, 5) is 82.6. The number of aliphatic hydroxyl groups excluding tert-OH is 1. The Morgan fingerprint density at radius 3 is 2.07 bits per heavy atom. The van der Waals surface area contributed by atoms with E-state index in [-0.39, 0.29) is 23.3 Å². The van der Waals surface area contributed by atoms with Crippen LogP contribution >= 0.6 is 0 Å². The maximum atomic E-state index is 15.4. The molecule has 6 rings (SSSR count). The van der Waals surface area contributed by atoms with Crippen LogP contribution in [0.2, 0.25) is 0 Å². The molecule has 0 aromatic heterocycles. The highest BCUT2D eigenvalue weighted by Crippen LogP contribution is 2.63. The fourth-order valence-electron chi connectivity index (χ4n) is 9.36. The second-order valence-corrected chi connectivity index (χ2v) is 17.7. The van der Waals surface area contributed by atoms with Gasteiger partial charge in [-0.05, 0) is 63.5 Å². The number of allylic oxidation sites excluding steroid dienone is 1. The van der Waals surface area contributed by atoms with Crippen molar-refractivity contribution in [2.45, 2.75) is 122 Å². The van der Waals surface area contributed by atoms with Gasteiger partial charge in [-0.1, -0.05) is 74.5 Å². The van der Waals surface area contributed by atoms with Crippen molar-refractivity contribution in [3.8, 4) is 0 Å². The van der Waals surface area contributed by atoms with E-state index < -0.39 is 112 Å². The number of fused-ring (bicyclic) bond motifs is 5. The van der Waals surface area contributed by atoms with E-state index in [4.69, 9.17) is 28.4 Å². The Labute approximate surface area is 348 Å². The molecule has 1 saturated heterocycles. The number of hydrogen-bond acceptors (Lipinski definition) is 14. The van der Waals surface area contributed by atoms with Crippen molar-refractivity contribution in [2.24, 2.45) is 16.7 Å². The molecule has 2 fully saturated rings. The molecule has 0 radical (unpaired) electrons. The summed E-state index contributed by atoms with van der Waals surface area (Å²) < 4.78 is 35.7. The predicted octanol–water partition coefficient (Wildman–Crippen LogP) is 4.64. The summed E-state index contributed by atoms with van der Waals surface area (Å²) in [7, 11) is 0. The Balaban J connectivity index is 1.52. The summed E-state index contributed by atoms with van der Waals surface area (Å²) in [6.07, 6.45) is -6.15. The number of ketones is 1. The first-order valence-electron chi connectivity index (χ1n) is 19.8. The Hall–Kier alpha value is -5.38. The predicted molar refractivity (Wildman–Crippen MR) is 212 cm³/mol. The van der Waals surface area contributed by atoms with Crippen LogP contribution < -0.4 is 5.32 Å². The molecule has 1 heterocycles. The number of hydrogen-bond donors (Lipinski definition) is 3. The first kappa shape index (κ1) is 44.2. The number of carbonyl (C=O) groups excluding carboxylic acids is 6. The van der Waals surface area contributed by atoms with Crippen molar-refractivity contribution in [1.29, 1.82) is 0 Å². The lowest BCUT2D eigenvalue weighted by Gasteiger charge is -2.65. The Bertz CT molecular complexity index is 2110. The Kier molecular flexibility index (Phi) is 11.7. The minimum absolute atomic E-state index is 0.0672. The van der Waals surface area contributed by atoms with E-state index in [0.29, 0.717) is 5.56 Å². The highest BCUT2D eigenvalue weighted by molar-refractivity contribution is 5.96. The molecule has 10 atom stereocenters. The van der Waals surface area contributed by atoms with Gasteiger partial charge in [-0.3, -0.25) is 14.4 Å². The fraction of sp³-hybridized carbons (Fsp3) is 0.511. The average Bonchev–Trinajstić information content (AvgIpc) is 3.15. The number of benzene rings is 2. The number of nitrogens with one attached hydrogen (secondary N) is 1. The summed E-state index contributed by atoms with van der Waals surface area (Å²) in [6, 6.07) is 14.8. The number of alkyl carbamates (subject to hydrolysis) is 1. The van der Waals surface area contributed by atoms with Gasteiger partial charge in [-0.2, -0.15) is 0 Å². The van der Waals surface area contributed by atoms with Crippen LogP contribution in [0, 0.1) is 16.7 Å². The highest BCUT2D eigenvalue weighted by Gasteiger charge is 2.75. The molecule has 4 aliphatic rings. The quantitative estimate of drug-likeness (QED) is 0.179. The van der Waals surface area contributed by atoms with Crippen LogP contribution in [-0.2, 0) is 47.6 Å². The highest BCUT2D eigenvalue weighted by atomic mass is 16.6. The van der Waals surface area contributed by atoms with Crippen molar-refractivity contribution in [3.63, 3.8) is 0 Å². The van der Waals surface area contributed by atoms with E-state index in [1.165, 1.54) is 25.1 Å². The lowest BCUT2D eigenvalue weighted by atomic mass is 9.46. The number of Topliss-reactive ketones (excluding diaryl/α,β-unsaturated/α-hetero) is 1. The molecule has 1 amide bonds.